The Labute approximate surface area is 195 Å². The Balaban J connectivity index is 0.000000176. The van der Waals surface area contributed by atoms with Crippen molar-refractivity contribution in [3.8, 4) is 11.5 Å². The van der Waals surface area contributed by atoms with E-state index in [9.17, 15) is 15.0 Å². The second kappa shape index (κ2) is 10.2. The molecule has 2 aromatic carbocycles. The Kier molecular flexibility index (Phi) is 7.78. The highest BCUT2D eigenvalue weighted by atomic mass is 79.9. The minimum atomic E-state index is -1.10. The Hall–Kier alpha value is -1.89. The fourth-order valence-electron chi connectivity index (χ4n) is 5.22. The summed E-state index contributed by atoms with van der Waals surface area (Å²) in [4.78, 5) is 11.3. The zero-order valence-corrected chi connectivity index (χ0v) is 19.7. The SMILES string of the molecule is Br.CCCC[N+]12CCC(CC1)C(O)C2.O=C([O-])C1c2ccccc2Oc2ccccc21. The average molecular weight is 490 g/mol. The number of ether oxygens (including phenoxy) is 1. The van der Waals surface area contributed by atoms with Gasteiger partial charge in [-0.3, -0.25) is 0 Å². The van der Waals surface area contributed by atoms with Crippen molar-refractivity contribution in [2.45, 2.75) is 44.6 Å². The van der Waals surface area contributed by atoms with Crippen LogP contribution in [0.15, 0.2) is 48.5 Å². The van der Waals surface area contributed by atoms with Crippen molar-refractivity contribution < 1.29 is 24.2 Å². The first-order valence-corrected chi connectivity index (χ1v) is 11.1. The standard InChI is InChI=1S/C14H10O3.C11H22NO.BrH/c15-14(16)13-9-5-1-3-7-11(9)17-12-8-4-2-6-10(12)13;1-2-3-6-12-7-4-10(5-8-12)11(13)9-12;/h1-8,13H,(H,15,16);10-11,13H,2-9H2,1H3;1H/q;+1;/p-1. The number of nitrogens with zero attached hydrogens (tertiary/aromatic N) is 1. The summed E-state index contributed by atoms with van der Waals surface area (Å²) in [5, 5.41) is 21.2. The van der Waals surface area contributed by atoms with Gasteiger partial charge in [-0.2, -0.15) is 0 Å². The van der Waals surface area contributed by atoms with Gasteiger partial charge in [0.15, 0.2) is 0 Å². The number of quaternary nitrogens is 1. The van der Waals surface area contributed by atoms with Gasteiger partial charge in [-0.15, -0.1) is 17.0 Å². The van der Waals surface area contributed by atoms with Crippen LogP contribution in [-0.2, 0) is 4.79 Å². The van der Waals surface area contributed by atoms with Crippen LogP contribution in [0, 0.1) is 5.92 Å². The van der Waals surface area contributed by atoms with E-state index in [1.807, 2.05) is 12.1 Å². The number of aliphatic hydroxyl groups excluding tert-OH is 1. The van der Waals surface area contributed by atoms with E-state index in [1.54, 1.807) is 36.4 Å². The van der Waals surface area contributed by atoms with E-state index in [2.05, 4.69) is 6.92 Å². The van der Waals surface area contributed by atoms with Gasteiger partial charge < -0.3 is 24.2 Å². The normalized spacial score (nSPS) is 25.7. The van der Waals surface area contributed by atoms with Crippen molar-refractivity contribution in [1.29, 1.82) is 0 Å². The molecule has 1 atom stereocenters. The van der Waals surface area contributed by atoms with Crippen LogP contribution in [0.1, 0.15) is 49.7 Å². The summed E-state index contributed by atoms with van der Waals surface area (Å²) in [6, 6.07) is 14.3. The third-order valence-corrected chi connectivity index (χ3v) is 6.97. The summed E-state index contributed by atoms with van der Waals surface area (Å²) in [7, 11) is 0. The molecule has 3 fully saturated rings. The van der Waals surface area contributed by atoms with E-state index in [1.165, 1.54) is 49.8 Å². The Morgan fingerprint density at radius 3 is 2.10 bits per heavy atom. The highest BCUT2D eigenvalue weighted by Crippen LogP contribution is 2.43. The fraction of sp³-hybridized carbons (Fsp3) is 0.480. The molecule has 31 heavy (non-hydrogen) atoms. The minimum Gasteiger partial charge on any atom is -0.549 e. The number of benzene rings is 2. The smallest absolute Gasteiger partial charge is 0.131 e. The van der Waals surface area contributed by atoms with E-state index < -0.39 is 11.9 Å². The van der Waals surface area contributed by atoms with Crippen molar-refractivity contribution in [3.05, 3.63) is 59.7 Å². The van der Waals surface area contributed by atoms with E-state index in [-0.39, 0.29) is 23.1 Å². The number of carbonyl (C=O) groups is 1. The van der Waals surface area contributed by atoms with Crippen LogP contribution >= 0.6 is 17.0 Å². The van der Waals surface area contributed by atoms with E-state index >= 15 is 0 Å². The van der Waals surface area contributed by atoms with E-state index in [0.717, 1.165) is 6.54 Å². The topological polar surface area (TPSA) is 69.6 Å². The van der Waals surface area contributed by atoms with Crippen LogP contribution in [-0.4, -0.2) is 47.8 Å². The highest BCUT2D eigenvalue weighted by molar-refractivity contribution is 8.93. The lowest BCUT2D eigenvalue weighted by molar-refractivity contribution is -0.946. The zero-order chi connectivity index (χ0) is 21.1. The molecule has 1 N–H and O–H groups in total. The number of carboxylic acid groups (broad SMARTS) is 1. The van der Waals surface area contributed by atoms with Gasteiger partial charge in [0.25, 0.3) is 0 Å². The summed E-state index contributed by atoms with van der Waals surface area (Å²) in [5.74, 6) is -0.0493. The number of hydrogen-bond donors (Lipinski definition) is 1. The number of aliphatic carboxylic acids is 1. The molecule has 0 spiro atoms. The molecule has 0 aliphatic carbocycles. The first-order chi connectivity index (χ1) is 14.5. The first kappa shape index (κ1) is 23.8. The Morgan fingerprint density at radius 2 is 1.61 bits per heavy atom. The van der Waals surface area contributed by atoms with Gasteiger partial charge in [-0.25, -0.2) is 0 Å². The van der Waals surface area contributed by atoms with Gasteiger partial charge in [0.2, 0.25) is 0 Å². The second-order valence-electron chi connectivity index (χ2n) is 8.88. The van der Waals surface area contributed by atoms with E-state index in [4.69, 9.17) is 4.74 Å². The number of unbranched alkanes of at least 4 members (excludes halogenated alkanes) is 1. The number of fused-ring (bicyclic) bond motifs is 5. The Bertz CT molecular complexity index is 849. The number of aliphatic hydroxyl groups is 1. The predicted octanol–water partition coefficient (Wildman–Crippen LogP) is 3.64. The summed E-state index contributed by atoms with van der Waals surface area (Å²) >= 11 is 0. The number of carbonyl (C=O) groups excluding carboxylic acids is 1. The molecule has 0 amide bonds. The molecule has 4 aliphatic heterocycles. The molecule has 168 valence electrons. The van der Waals surface area contributed by atoms with Gasteiger partial charge in [0, 0.05) is 29.9 Å². The molecule has 2 bridgehead atoms. The molecule has 0 saturated carbocycles. The van der Waals surface area contributed by atoms with Crippen LogP contribution in [0.2, 0.25) is 0 Å². The molecule has 4 aliphatic rings. The highest BCUT2D eigenvalue weighted by Gasteiger charge is 2.44. The van der Waals surface area contributed by atoms with Crippen molar-refractivity contribution in [3.63, 3.8) is 0 Å². The average Bonchev–Trinajstić information content (AvgIpc) is 2.77. The van der Waals surface area contributed by atoms with Crippen LogP contribution < -0.4 is 9.84 Å². The lowest BCUT2D eigenvalue weighted by atomic mass is 9.83. The van der Waals surface area contributed by atoms with Crippen molar-refractivity contribution in [2.75, 3.05) is 26.2 Å². The van der Waals surface area contributed by atoms with E-state index in [0.29, 0.717) is 28.5 Å². The first-order valence-electron chi connectivity index (χ1n) is 11.1. The summed E-state index contributed by atoms with van der Waals surface area (Å²) in [5.41, 5.74) is 1.29. The molecular weight excluding hydrogens is 458 g/mol. The molecule has 6 heteroatoms. The predicted molar refractivity (Wildman–Crippen MR) is 123 cm³/mol. The second-order valence-corrected chi connectivity index (χ2v) is 8.88. The van der Waals surface area contributed by atoms with Gasteiger partial charge in [0.1, 0.15) is 24.1 Å². The van der Waals surface area contributed by atoms with Gasteiger partial charge in [-0.1, -0.05) is 49.7 Å². The third-order valence-electron chi connectivity index (χ3n) is 6.97. The largest absolute Gasteiger partial charge is 0.549 e. The third kappa shape index (κ3) is 4.97. The molecule has 1 unspecified atom stereocenters. The zero-order valence-electron chi connectivity index (χ0n) is 18.0. The minimum absolute atomic E-state index is 0. The number of rotatable bonds is 4. The monoisotopic (exact) mass is 489 g/mol. The van der Waals surface area contributed by atoms with Crippen molar-refractivity contribution in [2.24, 2.45) is 5.92 Å². The maximum Gasteiger partial charge on any atom is 0.131 e. The van der Waals surface area contributed by atoms with Crippen LogP contribution in [0.4, 0.5) is 0 Å². The van der Waals surface area contributed by atoms with Crippen LogP contribution in [0.5, 0.6) is 11.5 Å². The summed E-state index contributed by atoms with van der Waals surface area (Å²) < 4.78 is 6.89. The molecule has 2 aromatic rings. The number of para-hydroxylation sites is 2. The molecule has 3 saturated heterocycles. The summed E-state index contributed by atoms with van der Waals surface area (Å²) in [6.07, 6.45) is 5.17. The maximum absolute atomic E-state index is 11.3. The maximum atomic E-state index is 11.3. The van der Waals surface area contributed by atoms with Gasteiger partial charge in [0.05, 0.1) is 31.5 Å². The number of piperidine rings is 3. The molecule has 5 nitrogen and oxygen atoms in total. The van der Waals surface area contributed by atoms with Crippen LogP contribution in [0.25, 0.3) is 0 Å². The quantitative estimate of drug-likeness (QED) is 0.665. The number of carboxylic acids is 1. The molecule has 0 radical (unpaired) electrons. The van der Waals surface area contributed by atoms with Gasteiger partial charge in [-0.05, 0) is 18.6 Å². The van der Waals surface area contributed by atoms with Crippen LogP contribution in [0.3, 0.4) is 0 Å². The number of halogens is 1. The molecule has 6 rings (SSSR count). The number of hydrogen-bond acceptors (Lipinski definition) is 4. The van der Waals surface area contributed by atoms with Crippen molar-refractivity contribution in [1.82, 2.24) is 0 Å². The molecule has 0 aromatic heterocycles. The lowest BCUT2D eigenvalue weighted by Gasteiger charge is -2.51. The van der Waals surface area contributed by atoms with Gasteiger partial charge >= 0.3 is 0 Å². The van der Waals surface area contributed by atoms with Crippen molar-refractivity contribution >= 4 is 23.0 Å². The lowest BCUT2D eigenvalue weighted by Crippen LogP contribution is -2.63. The molecular formula is C25H32BrNO4. The fourth-order valence-corrected chi connectivity index (χ4v) is 5.22. The molecule has 4 heterocycles. The summed E-state index contributed by atoms with van der Waals surface area (Å²) in [6.45, 7) is 7.28. The Morgan fingerprint density at radius 1 is 1.06 bits per heavy atom.